The van der Waals surface area contributed by atoms with E-state index in [0.29, 0.717) is 11.3 Å². The maximum absolute atomic E-state index is 11.6. The van der Waals surface area contributed by atoms with Crippen LogP contribution in [0, 0.1) is 6.92 Å². The fourth-order valence-corrected chi connectivity index (χ4v) is 1.36. The third-order valence-electron chi connectivity index (χ3n) is 2.22. The lowest BCUT2D eigenvalue weighted by Gasteiger charge is -2.08. The van der Waals surface area contributed by atoms with E-state index in [9.17, 15) is 4.79 Å². The van der Waals surface area contributed by atoms with Crippen molar-refractivity contribution in [2.24, 2.45) is 5.16 Å². The van der Waals surface area contributed by atoms with Gasteiger partial charge in [-0.15, -0.1) is 0 Å². The molecule has 1 rings (SSSR count). The Morgan fingerprint density at radius 3 is 2.88 bits per heavy atom. The van der Waals surface area contributed by atoms with Crippen LogP contribution in [0.1, 0.15) is 21.5 Å². The van der Waals surface area contributed by atoms with E-state index in [0.717, 1.165) is 11.1 Å². The molecule has 1 aromatic carbocycles. The molecule has 0 unspecified atom stereocenters. The minimum atomic E-state index is -0.231. The zero-order chi connectivity index (χ0) is 12.8. The highest BCUT2D eigenvalue weighted by Gasteiger charge is 2.10. The first-order valence-electron chi connectivity index (χ1n) is 5.02. The van der Waals surface area contributed by atoms with Crippen LogP contribution >= 0.6 is 0 Å². The highest BCUT2D eigenvalue weighted by atomic mass is 16.6. The van der Waals surface area contributed by atoms with Crippen LogP contribution in [0.25, 0.3) is 0 Å². The fraction of sp³-hybridized carbons (Fsp3) is 0.167. The molecule has 0 saturated carbocycles. The van der Waals surface area contributed by atoms with Gasteiger partial charge >= 0.3 is 0 Å². The minimum absolute atomic E-state index is 0.231. The van der Waals surface area contributed by atoms with Gasteiger partial charge in [0.2, 0.25) is 0 Å². The molecule has 5 heteroatoms. The summed E-state index contributed by atoms with van der Waals surface area (Å²) in [6.07, 6.45) is 2.70. The van der Waals surface area contributed by atoms with Crippen molar-refractivity contribution in [3.63, 3.8) is 0 Å². The minimum Gasteiger partial charge on any atom is -0.398 e. The highest BCUT2D eigenvalue weighted by molar-refractivity contribution is 6.01. The first kappa shape index (κ1) is 12.8. The van der Waals surface area contributed by atoms with Gasteiger partial charge in [-0.1, -0.05) is 11.7 Å². The Hall–Kier alpha value is -2.30. The quantitative estimate of drug-likeness (QED) is 0.357. The lowest BCUT2D eigenvalue weighted by molar-refractivity contribution is 0.0964. The molecule has 1 amide bonds. The molecular weight excluding hydrogens is 218 g/mol. The van der Waals surface area contributed by atoms with Crippen LogP contribution in [0.4, 0.5) is 5.69 Å². The van der Waals surface area contributed by atoms with Crippen molar-refractivity contribution in [1.29, 1.82) is 0 Å². The van der Waals surface area contributed by atoms with E-state index in [4.69, 9.17) is 5.73 Å². The molecule has 0 saturated heterocycles. The highest BCUT2D eigenvalue weighted by Crippen LogP contribution is 2.18. The predicted octanol–water partition coefficient (Wildman–Crippen LogP) is 1.43. The number of oxime groups is 1. The zero-order valence-electron chi connectivity index (χ0n) is 9.86. The van der Waals surface area contributed by atoms with E-state index in [1.54, 1.807) is 13.1 Å². The lowest BCUT2D eigenvalue weighted by Crippen LogP contribution is -2.20. The fourth-order valence-electron chi connectivity index (χ4n) is 1.36. The van der Waals surface area contributed by atoms with E-state index in [2.05, 4.69) is 21.9 Å². The molecule has 0 heterocycles. The summed E-state index contributed by atoms with van der Waals surface area (Å²) in [5.41, 5.74) is 8.26. The van der Waals surface area contributed by atoms with Crippen LogP contribution in [0.2, 0.25) is 0 Å². The molecule has 0 radical (unpaired) electrons. The van der Waals surface area contributed by atoms with E-state index >= 15 is 0 Å². The Morgan fingerprint density at radius 1 is 1.59 bits per heavy atom. The van der Waals surface area contributed by atoms with Crippen molar-refractivity contribution in [1.82, 2.24) is 5.32 Å². The molecule has 1 aromatic rings. The number of aryl methyl sites for hydroxylation is 1. The van der Waals surface area contributed by atoms with Gasteiger partial charge in [0.15, 0.2) is 0 Å². The number of nitrogens with two attached hydrogens (primary N) is 1. The van der Waals surface area contributed by atoms with Crippen molar-refractivity contribution < 1.29 is 9.63 Å². The summed E-state index contributed by atoms with van der Waals surface area (Å²) in [6.45, 7) is 5.19. The molecule has 0 atom stereocenters. The molecular formula is C12H15N3O2. The number of carbonyl (C=O) groups is 1. The van der Waals surface area contributed by atoms with Crippen LogP contribution in [-0.4, -0.2) is 19.2 Å². The van der Waals surface area contributed by atoms with Gasteiger partial charge in [-0.2, -0.15) is 0 Å². The average molecular weight is 233 g/mol. The molecule has 0 aromatic heterocycles. The van der Waals surface area contributed by atoms with E-state index < -0.39 is 0 Å². The van der Waals surface area contributed by atoms with Gasteiger partial charge in [-0.25, -0.2) is 0 Å². The molecule has 0 fully saturated rings. The summed E-state index contributed by atoms with van der Waals surface area (Å²) in [6, 6.07) is 3.47. The van der Waals surface area contributed by atoms with Crippen molar-refractivity contribution in [3.05, 3.63) is 41.7 Å². The SMILES string of the molecule is C=CO/N=C/c1cc(C)c(N)c(C(=O)NC)c1. The maximum atomic E-state index is 11.6. The first-order chi connectivity index (χ1) is 8.10. The number of hydrogen-bond acceptors (Lipinski definition) is 4. The van der Waals surface area contributed by atoms with Gasteiger partial charge in [-0.05, 0) is 30.2 Å². The number of rotatable bonds is 4. The van der Waals surface area contributed by atoms with Gasteiger partial charge in [0.25, 0.3) is 5.91 Å². The van der Waals surface area contributed by atoms with Gasteiger partial charge in [0.1, 0.15) is 6.26 Å². The third kappa shape index (κ3) is 3.07. The lowest BCUT2D eigenvalue weighted by atomic mass is 10.0. The summed E-state index contributed by atoms with van der Waals surface area (Å²) in [5, 5.41) is 6.17. The van der Waals surface area contributed by atoms with E-state index in [-0.39, 0.29) is 5.91 Å². The zero-order valence-corrected chi connectivity index (χ0v) is 9.86. The Labute approximate surface area is 99.9 Å². The number of carbonyl (C=O) groups excluding carboxylic acids is 1. The van der Waals surface area contributed by atoms with Crippen molar-refractivity contribution in [2.75, 3.05) is 12.8 Å². The second-order valence-electron chi connectivity index (χ2n) is 3.38. The summed E-state index contributed by atoms with van der Waals surface area (Å²) in [5.74, 6) is -0.231. The normalized spacial score (nSPS) is 10.2. The van der Waals surface area contributed by atoms with Crippen molar-refractivity contribution in [3.8, 4) is 0 Å². The molecule has 0 aliphatic rings. The van der Waals surface area contributed by atoms with E-state index in [1.165, 1.54) is 12.5 Å². The van der Waals surface area contributed by atoms with Crippen LogP contribution < -0.4 is 11.1 Å². The van der Waals surface area contributed by atoms with Crippen LogP contribution in [0.15, 0.2) is 30.1 Å². The Kier molecular flexibility index (Phi) is 4.28. The first-order valence-corrected chi connectivity index (χ1v) is 5.02. The molecule has 5 nitrogen and oxygen atoms in total. The number of hydrogen-bond donors (Lipinski definition) is 2. The Bertz CT molecular complexity index is 467. The van der Waals surface area contributed by atoms with Gasteiger partial charge in [0.05, 0.1) is 11.8 Å². The van der Waals surface area contributed by atoms with Crippen molar-refractivity contribution >= 4 is 17.8 Å². The van der Waals surface area contributed by atoms with E-state index in [1.807, 2.05) is 13.0 Å². The molecule has 0 aliphatic heterocycles. The monoisotopic (exact) mass is 233 g/mol. The van der Waals surface area contributed by atoms with Gasteiger partial charge in [0, 0.05) is 12.7 Å². The number of nitrogens with zero attached hydrogens (tertiary/aromatic N) is 1. The van der Waals surface area contributed by atoms with Crippen LogP contribution in [0.3, 0.4) is 0 Å². The molecule has 0 aliphatic carbocycles. The van der Waals surface area contributed by atoms with Crippen LogP contribution in [0.5, 0.6) is 0 Å². The Morgan fingerprint density at radius 2 is 2.29 bits per heavy atom. The third-order valence-corrected chi connectivity index (χ3v) is 2.22. The largest absolute Gasteiger partial charge is 0.398 e. The van der Waals surface area contributed by atoms with Crippen molar-refractivity contribution in [2.45, 2.75) is 6.92 Å². The molecule has 17 heavy (non-hydrogen) atoms. The molecule has 90 valence electrons. The molecule has 0 spiro atoms. The number of anilines is 1. The smallest absolute Gasteiger partial charge is 0.253 e. The molecule has 3 N–H and O–H groups in total. The second-order valence-corrected chi connectivity index (χ2v) is 3.38. The van der Waals surface area contributed by atoms with Gasteiger partial charge < -0.3 is 15.9 Å². The Balaban J connectivity index is 3.14. The number of nitrogen functional groups attached to an aromatic ring is 1. The second kappa shape index (κ2) is 5.69. The number of benzene rings is 1. The number of nitrogens with one attached hydrogen (secondary N) is 1. The maximum Gasteiger partial charge on any atom is 0.253 e. The average Bonchev–Trinajstić information content (AvgIpc) is 2.32. The summed E-state index contributed by atoms with van der Waals surface area (Å²) < 4.78 is 0. The molecule has 0 bridgehead atoms. The summed E-state index contributed by atoms with van der Waals surface area (Å²) in [4.78, 5) is 16.2. The summed E-state index contributed by atoms with van der Waals surface area (Å²) >= 11 is 0. The number of amides is 1. The summed E-state index contributed by atoms with van der Waals surface area (Å²) in [7, 11) is 1.55. The van der Waals surface area contributed by atoms with Gasteiger partial charge in [-0.3, -0.25) is 4.79 Å². The predicted molar refractivity (Wildman–Crippen MR) is 67.9 cm³/mol. The standard InChI is InChI=1S/C12H15N3O2/c1-4-17-15-7-9-5-8(2)11(13)10(6-9)12(16)14-3/h4-7H,1,13H2,2-3H3,(H,14,16)/b15-7+. The van der Waals surface area contributed by atoms with Crippen LogP contribution in [-0.2, 0) is 4.84 Å². The topological polar surface area (TPSA) is 76.7 Å².